The largest absolute Gasteiger partial charge is 0.490 e. The molecule has 0 atom stereocenters. The third-order valence-corrected chi connectivity index (χ3v) is 2.55. The van der Waals surface area contributed by atoms with Gasteiger partial charge in [0.2, 0.25) is 12.2 Å². The van der Waals surface area contributed by atoms with Crippen LogP contribution in [0.15, 0.2) is 18.6 Å². The molecule has 0 bridgehead atoms. The topological polar surface area (TPSA) is 116 Å². The highest BCUT2D eigenvalue weighted by atomic mass is 35.5. The van der Waals surface area contributed by atoms with E-state index in [9.17, 15) is 14.9 Å². The van der Waals surface area contributed by atoms with Gasteiger partial charge in [0, 0.05) is 11.3 Å². The number of hydrogen-bond acceptors (Lipinski definition) is 6. The van der Waals surface area contributed by atoms with E-state index in [-0.39, 0.29) is 17.4 Å². The summed E-state index contributed by atoms with van der Waals surface area (Å²) in [4.78, 5) is 28.6. The lowest BCUT2D eigenvalue weighted by molar-refractivity contribution is -0.394. The van der Waals surface area contributed by atoms with Crippen LogP contribution in [0.3, 0.4) is 0 Å². The smallest absolute Gasteiger partial charge is 0.390 e. The molecule has 0 fully saturated rings. The molecule has 9 nitrogen and oxygen atoms in total. The van der Waals surface area contributed by atoms with Gasteiger partial charge in [-0.1, -0.05) is 28.2 Å². The van der Waals surface area contributed by atoms with Crippen LogP contribution in [0, 0.1) is 10.1 Å². The second kappa shape index (κ2) is 5.80. The molecule has 20 heavy (non-hydrogen) atoms. The van der Waals surface area contributed by atoms with Crippen LogP contribution >= 0.6 is 23.2 Å². The number of pyridine rings is 1. The van der Waals surface area contributed by atoms with Crippen LogP contribution in [0.2, 0.25) is 10.0 Å². The fourth-order valence-corrected chi connectivity index (χ4v) is 1.70. The first-order chi connectivity index (χ1) is 9.45. The molecular weight excluding hydrogens is 311 g/mol. The second-order valence-electron chi connectivity index (χ2n) is 3.53. The summed E-state index contributed by atoms with van der Waals surface area (Å²) in [6, 6.07) is 1.42. The quantitative estimate of drug-likeness (QED) is 0.675. The van der Waals surface area contributed by atoms with Crippen LogP contribution in [-0.2, 0) is 11.3 Å². The third-order valence-electron chi connectivity index (χ3n) is 2.06. The lowest BCUT2D eigenvalue weighted by Crippen LogP contribution is -2.20. The Bertz CT molecular complexity index is 673. The van der Waals surface area contributed by atoms with E-state index in [0.717, 1.165) is 11.0 Å². The van der Waals surface area contributed by atoms with Crippen molar-refractivity contribution in [1.82, 2.24) is 19.7 Å². The molecule has 0 spiro atoms. The zero-order valence-corrected chi connectivity index (χ0v) is 11.2. The first-order valence-electron chi connectivity index (χ1n) is 5.10. The summed E-state index contributed by atoms with van der Waals surface area (Å²) in [5.41, 5.74) is 0. The Morgan fingerprint density at radius 3 is 2.80 bits per heavy atom. The van der Waals surface area contributed by atoms with Gasteiger partial charge in [-0.2, -0.15) is 4.68 Å². The van der Waals surface area contributed by atoms with Crippen molar-refractivity contribution in [3.63, 3.8) is 0 Å². The van der Waals surface area contributed by atoms with E-state index in [1.807, 2.05) is 0 Å². The van der Waals surface area contributed by atoms with Gasteiger partial charge in [0.05, 0.1) is 10.0 Å². The molecule has 0 aliphatic heterocycles. The van der Waals surface area contributed by atoms with Crippen molar-refractivity contribution in [2.75, 3.05) is 5.32 Å². The van der Waals surface area contributed by atoms with Crippen molar-refractivity contribution in [1.29, 1.82) is 0 Å². The molecule has 0 radical (unpaired) electrons. The fourth-order valence-electron chi connectivity index (χ4n) is 1.27. The van der Waals surface area contributed by atoms with Crippen molar-refractivity contribution < 1.29 is 9.72 Å². The molecule has 11 heteroatoms. The van der Waals surface area contributed by atoms with Gasteiger partial charge in [-0.15, -0.1) is 0 Å². The molecule has 0 aromatic carbocycles. The van der Waals surface area contributed by atoms with Crippen LogP contribution in [0.4, 0.5) is 11.8 Å². The summed E-state index contributed by atoms with van der Waals surface area (Å²) < 4.78 is 1.03. The molecule has 2 rings (SSSR count). The highest BCUT2D eigenvalue weighted by Gasteiger charge is 2.16. The molecule has 0 saturated carbocycles. The van der Waals surface area contributed by atoms with E-state index in [0.29, 0.717) is 5.02 Å². The van der Waals surface area contributed by atoms with E-state index in [1.165, 1.54) is 12.3 Å². The van der Waals surface area contributed by atoms with Crippen molar-refractivity contribution in [3.05, 3.63) is 38.8 Å². The van der Waals surface area contributed by atoms with Gasteiger partial charge in [-0.05, 0) is 11.0 Å². The molecule has 0 saturated heterocycles. The molecule has 0 unspecified atom stereocenters. The maximum Gasteiger partial charge on any atom is 0.490 e. The van der Waals surface area contributed by atoms with Crippen LogP contribution in [0.25, 0.3) is 0 Å². The maximum atomic E-state index is 11.7. The molecule has 2 aromatic rings. The standard InChI is InChI=1S/C9H6Cl2N6O3/c10-5-1-6(11)8(12-2-5)14-7(18)3-16-4-13-9(15-16)17(19)20/h1-2,4H,3H2,(H,12,14,18). The minimum Gasteiger partial charge on any atom is -0.390 e. The maximum absolute atomic E-state index is 11.7. The number of rotatable bonds is 4. The molecule has 2 heterocycles. The van der Waals surface area contributed by atoms with Gasteiger partial charge in [-0.3, -0.25) is 4.79 Å². The lowest BCUT2D eigenvalue weighted by Gasteiger charge is -2.05. The number of nitrogens with one attached hydrogen (secondary N) is 1. The van der Waals surface area contributed by atoms with Gasteiger partial charge in [-0.25, -0.2) is 4.98 Å². The number of aromatic nitrogens is 4. The van der Waals surface area contributed by atoms with E-state index >= 15 is 0 Å². The predicted molar refractivity (Wildman–Crippen MR) is 69.6 cm³/mol. The van der Waals surface area contributed by atoms with Gasteiger partial charge < -0.3 is 15.4 Å². The Morgan fingerprint density at radius 2 is 2.20 bits per heavy atom. The zero-order valence-electron chi connectivity index (χ0n) is 9.66. The van der Waals surface area contributed by atoms with Crippen LogP contribution in [-0.4, -0.2) is 30.6 Å². The number of halogens is 2. The first kappa shape index (κ1) is 14.2. The highest BCUT2D eigenvalue weighted by Crippen LogP contribution is 2.22. The number of nitrogens with zero attached hydrogens (tertiary/aromatic N) is 5. The number of carbonyl (C=O) groups is 1. The first-order valence-corrected chi connectivity index (χ1v) is 5.86. The Labute approximate surface area is 121 Å². The van der Waals surface area contributed by atoms with Gasteiger partial charge >= 0.3 is 5.95 Å². The summed E-state index contributed by atoms with van der Waals surface area (Å²) in [5.74, 6) is -0.961. The monoisotopic (exact) mass is 316 g/mol. The van der Waals surface area contributed by atoms with Crippen LogP contribution in [0.1, 0.15) is 0 Å². The Hall–Kier alpha value is -2.26. The van der Waals surface area contributed by atoms with Crippen molar-refractivity contribution >= 4 is 40.9 Å². The average molecular weight is 317 g/mol. The summed E-state index contributed by atoms with van der Waals surface area (Å²) in [5, 5.41) is 16.8. The number of amides is 1. The third kappa shape index (κ3) is 3.39. The lowest BCUT2D eigenvalue weighted by atomic mass is 10.4. The Balaban J connectivity index is 2.03. The molecule has 2 aromatic heterocycles. The van der Waals surface area contributed by atoms with E-state index in [4.69, 9.17) is 23.2 Å². The fraction of sp³-hybridized carbons (Fsp3) is 0.111. The van der Waals surface area contributed by atoms with Gasteiger partial charge in [0.1, 0.15) is 6.54 Å². The molecule has 1 amide bonds. The van der Waals surface area contributed by atoms with Gasteiger partial charge in [0.25, 0.3) is 0 Å². The van der Waals surface area contributed by atoms with Crippen LogP contribution in [0.5, 0.6) is 0 Å². The molecule has 0 aliphatic carbocycles. The summed E-state index contributed by atoms with van der Waals surface area (Å²) in [6.07, 6.45) is 2.40. The highest BCUT2D eigenvalue weighted by molar-refractivity contribution is 6.36. The van der Waals surface area contributed by atoms with Crippen molar-refractivity contribution in [2.24, 2.45) is 0 Å². The summed E-state index contributed by atoms with van der Waals surface area (Å²) in [6.45, 7) is -0.262. The summed E-state index contributed by atoms with van der Waals surface area (Å²) in [7, 11) is 0. The Morgan fingerprint density at radius 1 is 1.45 bits per heavy atom. The summed E-state index contributed by atoms with van der Waals surface area (Å²) >= 11 is 11.5. The normalized spacial score (nSPS) is 10.3. The minimum atomic E-state index is -0.758. The predicted octanol–water partition coefficient (Wildman–Crippen LogP) is 1.53. The van der Waals surface area contributed by atoms with Crippen LogP contribution < -0.4 is 5.32 Å². The molecule has 1 N–H and O–H groups in total. The van der Waals surface area contributed by atoms with Crippen molar-refractivity contribution in [2.45, 2.75) is 6.54 Å². The number of hydrogen-bond donors (Lipinski definition) is 1. The van der Waals surface area contributed by atoms with Crippen molar-refractivity contribution in [3.8, 4) is 0 Å². The molecule has 104 valence electrons. The van der Waals surface area contributed by atoms with E-state index < -0.39 is 16.8 Å². The SMILES string of the molecule is O=C(Cn1cnc([N+](=O)[O-])n1)Nc1ncc(Cl)cc1Cl. The minimum absolute atomic E-state index is 0.135. The van der Waals surface area contributed by atoms with E-state index in [1.54, 1.807) is 0 Å². The number of anilines is 1. The number of carbonyl (C=O) groups excluding carboxylic acids is 1. The van der Waals surface area contributed by atoms with Gasteiger partial charge in [0.15, 0.2) is 5.82 Å². The zero-order chi connectivity index (χ0) is 14.7. The Kier molecular flexibility index (Phi) is 4.11. The second-order valence-corrected chi connectivity index (χ2v) is 4.38. The molecular formula is C9H6Cl2N6O3. The average Bonchev–Trinajstić information content (AvgIpc) is 2.81. The number of nitro groups is 1. The van der Waals surface area contributed by atoms with E-state index in [2.05, 4.69) is 20.4 Å². The molecule has 0 aliphatic rings.